The Morgan fingerprint density at radius 2 is 1.97 bits per heavy atom. The number of nitrogens with one attached hydrogen (secondary N) is 1. The van der Waals surface area contributed by atoms with Gasteiger partial charge in [-0.3, -0.25) is 14.4 Å². The van der Waals surface area contributed by atoms with Crippen molar-refractivity contribution >= 4 is 40.0 Å². The minimum absolute atomic E-state index is 0.152. The molecule has 2 N–H and O–H groups in total. The van der Waals surface area contributed by atoms with E-state index in [0.717, 1.165) is 5.69 Å². The summed E-state index contributed by atoms with van der Waals surface area (Å²) in [6, 6.07) is 8.92. The molecule has 0 saturated carbocycles. The first kappa shape index (κ1) is 21.0. The molecule has 0 radical (unpaired) electrons. The van der Waals surface area contributed by atoms with Crippen molar-refractivity contribution in [3.63, 3.8) is 0 Å². The van der Waals surface area contributed by atoms with Crippen LogP contribution in [0.15, 0.2) is 34.9 Å². The lowest BCUT2D eigenvalue weighted by molar-refractivity contribution is -0.148. The van der Waals surface area contributed by atoms with E-state index in [1.807, 2.05) is 12.1 Å². The van der Waals surface area contributed by atoms with Crippen LogP contribution in [0, 0.1) is 5.92 Å². The molecule has 1 saturated heterocycles. The van der Waals surface area contributed by atoms with Crippen molar-refractivity contribution in [1.82, 2.24) is 5.16 Å². The summed E-state index contributed by atoms with van der Waals surface area (Å²) in [5.74, 6) is -1.07. The Morgan fingerprint density at radius 1 is 1.24 bits per heavy atom. The van der Waals surface area contributed by atoms with E-state index in [1.54, 1.807) is 25.1 Å². The van der Waals surface area contributed by atoms with E-state index in [-0.39, 0.29) is 24.2 Å². The lowest BCUT2D eigenvalue weighted by Crippen LogP contribution is -2.37. The summed E-state index contributed by atoms with van der Waals surface area (Å²) in [6.07, 6.45) is 1.26. The second kappa shape index (κ2) is 8.23. The number of hydrogen-bond donors (Lipinski definition) is 2. The van der Waals surface area contributed by atoms with E-state index in [1.165, 1.54) is 0 Å². The second-order valence-electron chi connectivity index (χ2n) is 8.19. The van der Waals surface area contributed by atoms with Crippen LogP contribution in [0.25, 0.3) is 22.2 Å². The van der Waals surface area contributed by atoms with Crippen molar-refractivity contribution in [3.8, 4) is 11.3 Å². The molecule has 0 unspecified atom stereocenters. The van der Waals surface area contributed by atoms with Gasteiger partial charge in [0.15, 0.2) is 11.5 Å². The summed E-state index contributed by atoms with van der Waals surface area (Å²) in [5, 5.41) is 17.0. The second-order valence-corrected chi connectivity index (χ2v) is 8.19. The summed E-state index contributed by atoms with van der Waals surface area (Å²) in [7, 11) is 0. The lowest BCUT2D eigenvalue weighted by atomic mass is 9.86. The van der Waals surface area contributed by atoms with E-state index >= 15 is 0 Å². The number of carboxylic acid groups (broad SMARTS) is 1. The highest BCUT2D eigenvalue weighted by Crippen LogP contribution is 2.46. The number of rotatable bonds is 6. The quantitative estimate of drug-likeness (QED) is 0.427. The maximum absolute atomic E-state index is 13.4. The van der Waals surface area contributed by atoms with Crippen LogP contribution in [0.3, 0.4) is 0 Å². The van der Waals surface area contributed by atoms with Gasteiger partial charge >= 0.3 is 11.9 Å². The highest BCUT2D eigenvalue weighted by atomic mass is 16.5. The SMILES string of the molecule is CCOC(=O)C1CCN(c2cc(NCC(=O)O)c3c4c(onc24)-c2ccccc2C3=O)CC1. The normalized spacial score (nSPS) is 15.4. The minimum Gasteiger partial charge on any atom is -0.480 e. The number of fused-ring (bicyclic) bond motifs is 2. The number of carboxylic acids is 1. The van der Waals surface area contributed by atoms with Gasteiger partial charge in [-0.25, -0.2) is 0 Å². The van der Waals surface area contributed by atoms with E-state index < -0.39 is 5.97 Å². The summed E-state index contributed by atoms with van der Waals surface area (Å²) in [4.78, 5) is 38.9. The molecular formula is C24H23N3O6. The first-order valence-electron chi connectivity index (χ1n) is 11.0. The molecule has 1 aromatic heterocycles. The number of piperidine rings is 1. The van der Waals surface area contributed by atoms with E-state index in [2.05, 4.69) is 15.4 Å². The third-order valence-electron chi connectivity index (χ3n) is 6.26. The number of aliphatic carboxylic acids is 1. The van der Waals surface area contributed by atoms with Gasteiger partial charge in [-0.15, -0.1) is 0 Å². The van der Waals surface area contributed by atoms with Crippen LogP contribution < -0.4 is 10.2 Å². The molecule has 0 amide bonds. The number of ether oxygens (including phenoxy) is 1. The maximum atomic E-state index is 13.4. The first-order chi connectivity index (χ1) is 16.0. The zero-order valence-electron chi connectivity index (χ0n) is 18.1. The van der Waals surface area contributed by atoms with Gasteiger partial charge in [-0.2, -0.15) is 0 Å². The largest absolute Gasteiger partial charge is 0.480 e. The molecule has 33 heavy (non-hydrogen) atoms. The fourth-order valence-electron chi connectivity index (χ4n) is 4.71. The standard InChI is InChI=1S/C24H23N3O6/c1-2-32-24(31)13-7-9-27(10-8-13)17-11-16(25-12-18(28)29)19-20-21(17)26-33-23(20)15-6-4-3-5-14(15)22(19)30/h3-6,11,13,25H,2,7-10,12H2,1H3,(H,28,29). The highest BCUT2D eigenvalue weighted by Gasteiger charge is 2.35. The zero-order valence-corrected chi connectivity index (χ0v) is 18.1. The van der Waals surface area contributed by atoms with Crippen LogP contribution in [-0.4, -0.2) is 54.2 Å². The fourth-order valence-corrected chi connectivity index (χ4v) is 4.71. The monoisotopic (exact) mass is 449 g/mol. The van der Waals surface area contributed by atoms with Gasteiger partial charge in [0.05, 0.1) is 29.2 Å². The van der Waals surface area contributed by atoms with Gasteiger partial charge in [-0.05, 0) is 25.8 Å². The average Bonchev–Trinajstić information content (AvgIpc) is 3.27. The molecule has 0 spiro atoms. The number of carbonyl (C=O) groups excluding carboxylic acids is 2. The van der Waals surface area contributed by atoms with E-state index in [0.29, 0.717) is 71.6 Å². The fraction of sp³-hybridized carbons (Fsp3) is 0.333. The maximum Gasteiger partial charge on any atom is 0.322 e. The van der Waals surface area contributed by atoms with E-state index in [9.17, 15) is 19.5 Å². The molecule has 5 rings (SSSR count). The first-order valence-corrected chi connectivity index (χ1v) is 11.0. The Balaban J connectivity index is 1.59. The summed E-state index contributed by atoms with van der Waals surface area (Å²) in [5.41, 5.74) is 3.25. The number of esters is 1. The molecule has 1 aliphatic heterocycles. The van der Waals surface area contributed by atoms with Gasteiger partial charge in [-0.1, -0.05) is 29.4 Å². The number of hydrogen-bond acceptors (Lipinski definition) is 8. The van der Waals surface area contributed by atoms with Crippen LogP contribution in [0.2, 0.25) is 0 Å². The van der Waals surface area contributed by atoms with Crippen LogP contribution in [0.5, 0.6) is 0 Å². The van der Waals surface area contributed by atoms with Crippen molar-refractivity contribution < 1.29 is 28.8 Å². The predicted octanol–water partition coefficient (Wildman–Crippen LogP) is 3.32. The minimum atomic E-state index is -1.03. The molecule has 0 atom stereocenters. The van der Waals surface area contributed by atoms with Crippen LogP contribution in [0.4, 0.5) is 11.4 Å². The van der Waals surface area contributed by atoms with Crippen LogP contribution in [-0.2, 0) is 14.3 Å². The predicted molar refractivity (Wildman–Crippen MR) is 121 cm³/mol. The third-order valence-corrected chi connectivity index (χ3v) is 6.26. The molecule has 2 aliphatic rings. The molecule has 0 bridgehead atoms. The molecule has 2 aromatic carbocycles. The summed E-state index contributed by atoms with van der Waals surface area (Å²) in [6.45, 7) is 3.02. The Bertz CT molecular complexity index is 1270. The number of nitrogens with zero attached hydrogens (tertiary/aromatic N) is 2. The van der Waals surface area contributed by atoms with Crippen LogP contribution in [0.1, 0.15) is 35.7 Å². The third kappa shape index (κ3) is 3.49. The van der Waals surface area contributed by atoms with Gasteiger partial charge in [0.25, 0.3) is 0 Å². The smallest absolute Gasteiger partial charge is 0.322 e. The average molecular weight is 449 g/mol. The van der Waals surface area contributed by atoms with Crippen molar-refractivity contribution in [1.29, 1.82) is 0 Å². The molecule has 9 nitrogen and oxygen atoms in total. The Kier molecular flexibility index (Phi) is 5.24. The highest BCUT2D eigenvalue weighted by molar-refractivity contribution is 6.28. The zero-order chi connectivity index (χ0) is 23.1. The Morgan fingerprint density at radius 3 is 2.67 bits per heavy atom. The van der Waals surface area contributed by atoms with Crippen molar-refractivity contribution in [2.45, 2.75) is 19.8 Å². The van der Waals surface area contributed by atoms with Crippen LogP contribution >= 0.6 is 0 Å². The number of benzene rings is 2. The van der Waals surface area contributed by atoms with Gasteiger partial charge in [0.1, 0.15) is 12.1 Å². The van der Waals surface area contributed by atoms with Gasteiger partial charge < -0.3 is 24.6 Å². The Hall–Kier alpha value is -3.88. The lowest BCUT2D eigenvalue weighted by Gasteiger charge is -2.33. The van der Waals surface area contributed by atoms with E-state index in [4.69, 9.17) is 9.26 Å². The number of ketones is 1. The molecule has 170 valence electrons. The molecular weight excluding hydrogens is 426 g/mol. The molecule has 1 aliphatic carbocycles. The number of anilines is 2. The molecule has 9 heteroatoms. The Labute approximate surface area is 189 Å². The number of carbonyl (C=O) groups is 3. The molecule has 3 aromatic rings. The van der Waals surface area contributed by atoms with Crippen molar-refractivity contribution in [3.05, 3.63) is 41.5 Å². The van der Waals surface area contributed by atoms with Gasteiger partial charge in [0.2, 0.25) is 0 Å². The summed E-state index contributed by atoms with van der Waals surface area (Å²) < 4.78 is 10.9. The molecule has 1 fully saturated rings. The topological polar surface area (TPSA) is 122 Å². The van der Waals surface area contributed by atoms with Crippen molar-refractivity contribution in [2.75, 3.05) is 36.5 Å². The number of aromatic nitrogens is 1. The molecule has 2 heterocycles. The van der Waals surface area contributed by atoms with Crippen molar-refractivity contribution in [2.24, 2.45) is 5.92 Å². The summed E-state index contributed by atoms with van der Waals surface area (Å²) >= 11 is 0. The van der Waals surface area contributed by atoms with Gasteiger partial charge in [0, 0.05) is 29.9 Å².